The van der Waals surface area contributed by atoms with Gasteiger partial charge in [-0.15, -0.1) is 10.2 Å². The average molecular weight is 325 g/mol. The van der Waals surface area contributed by atoms with E-state index in [0.717, 1.165) is 32.7 Å². The zero-order valence-corrected chi connectivity index (χ0v) is 13.4. The Morgan fingerprint density at radius 2 is 1.87 bits per heavy atom. The predicted octanol–water partition coefficient (Wildman–Crippen LogP) is 2.77. The number of benzene rings is 2. The standard InChI is InChI=1S/C17H15N3O2S/c1-12-18-19-17-11-22-10-14-15(20(12)17)8-5-9-16(14)23(21)13-6-3-2-4-7-13/h2-9H,10-11H2,1H3. The Morgan fingerprint density at radius 3 is 2.70 bits per heavy atom. The zero-order chi connectivity index (χ0) is 15.8. The van der Waals surface area contributed by atoms with Crippen LogP contribution in [0.3, 0.4) is 0 Å². The normalized spacial score (nSPS) is 14.7. The molecule has 1 atom stereocenters. The molecule has 0 fully saturated rings. The van der Waals surface area contributed by atoms with Gasteiger partial charge in [-0.1, -0.05) is 24.3 Å². The number of hydrogen-bond donors (Lipinski definition) is 0. The maximum Gasteiger partial charge on any atom is 0.166 e. The van der Waals surface area contributed by atoms with E-state index in [2.05, 4.69) is 10.2 Å². The van der Waals surface area contributed by atoms with Gasteiger partial charge in [0.15, 0.2) is 15.6 Å². The van der Waals surface area contributed by atoms with Gasteiger partial charge in [0.1, 0.15) is 12.4 Å². The molecule has 2 aromatic carbocycles. The topological polar surface area (TPSA) is 63.0 Å². The molecule has 2 heterocycles. The van der Waals surface area contributed by atoms with Gasteiger partial charge in [0.2, 0.25) is 0 Å². The molecule has 6 heteroatoms. The molecule has 1 aliphatic rings. The van der Waals surface area contributed by atoms with Crippen LogP contribution in [-0.4, -0.2) is 19.3 Å². The molecule has 1 aromatic heterocycles. The Labute approximate surface area is 137 Å². The van der Waals surface area contributed by atoms with Crippen LogP contribution in [0.4, 0.5) is 0 Å². The summed E-state index contributed by atoms with van der Waals surface area (Å²) >= 11 is -1.25. The van der Waals surface area contributed by atoms with E-state index in [1.54, 1.807) is 0 Å². The van der Waals surface area contributed by atoms with E-state index in [4.69, 9.17) is 4.74 Å². The Hall–Kier alpha value is -2.15. The first-order chi connectivity index (χ1) is 11.3. The molecular weight excluding hydrogens is 310 g/mol. The number of fused-ring (bicyclic) bond motifs is 3. The minimum absolute atomic E-state index is 0.396. The summed E-state index contributed by atoms with van der Waals surface area (Å²) in [7, 11) is 0. The second kappa shape index (κ2) is 5.81. The first-order valence-electron chi connectivity index (χ1n) is 7.33. The average Bonchev–Trinajstić information content (AvgIpc) is 2.85. The molecule has 0 saturated carbocycles. The van der Waals surface area contributed by atoms with Gasteiger partial charge in [-0.25, -0.2) is 0 Å². The quantitative estimate of drug-likeness (QED) is 0.680. The summed E-state index contributed by atoms with van der Waals surface area (Å²) in [5, 5.41) is 8.29. The first-order valence-corrected chi connectivity index (χ1v) is 8.48. The van der Waals surface area contributed by atoms with Crippen LogP contribution in [-0.2, 0) is 29.1 Å². The van der Waals surface area contributed by atoms with E-state index in [9.17, 15) is 4.55 Å². The molecule has 116 valence electrons. The fraction of sp³-hybridized carbons (Fsp3) is 0.176. The third-order valence-electron chi connectivity index (χ3n) is 3.88. The summed E-state index contributed by atoms with van der Waals surface area (Å²) in [4.78, 5) is 1.56. The van der Waals surface area contributed by atoms with Crippen LogP contribution in [0, 0.1) is 6.92 Å². The summed E-state index contributed by atoms with van der Waals surface area (Å²) in [5.74, 6) is 1.57. The van der Waals surface area contributed by atoms with E-state index in [-0.39, 0.29) is 0 Å². The lowest BCUT2D eigenvalue weighted by Crippen LogP contribution is -2.09. The minimum atomic E-state index is -1.25. The van der Waals surface area contributed by atoms with Crippen LogP contribution in [0.1, 0.15) is 17.2 Å². The molecule has 0 N–H and O–H groups in total. The number of nitrogens with zero attached hydrogens (tertiary/aromatic N) is 3. The monoisotopic (exact) mass is 325 g/mol. The Bertz CT molecular complexity index is 848. The van der Waals surface area contributed by atoms with Crippen molar-refractivity contribution in [3.63, 3.8) is 0 Å². The van der Waals surface area contributed by atoms with Crippen molar-refractivity contribution in [3.05, 3.63) is 65.7 Å². The largest absolute Gasteiger partial charge is 0.606 e. The minimum Gasteiger partial charge on any atom is -0.606 e. The van der Waals surface area contributed by atoms with Gasteiger partial charge in [-0.3, -0.25) is 4.57 Å². The van der Waals surface area contributed by atoms with Crippen molar-refractivity contribution in [2.45, 2.75) is 29.9 Å². The third-order valence-corrected chi connectivity index (χ3v) is 5.36. The van der Waals surface area contributed by atoms with Gasteiger partial charge in [-0.2, -0.15) is 0 Å². The SMILES string of the molecule is Cc1nnc2n1-c1cccc([S+]([O-])c3ccccc3)c1COC2. The first kappa shape index (κ1) is 14.4. The third kappa shape index (κ3) is 2.45. The van der Waals surface area contributed by atoms with Crippen molar-refractivity contribution in [2.75, 3.05) is 0 Å². The van der Waals surface area contributed by atoms with Crippen LogP contribution < -0.4 is 0 Å². The number of ether oxygens (including phenoxy) is 1. The maximum atomic E-state index is 13.0. The van der Waals surface area contributed by atoms with Gasteiger partial charge >= 0.3 is 0 Å². The molecule has 1 aliphatic heterocycles. The fourth-order valence-corrected chi connectivity index (χ4v) is 4.06. The zero-order valence-electron chi connectivity index (χ0n) is 12.6. The summed E-state index contributed by atoms with van der Waals surface area (Å²) in [5.41, 5.74) is 1.87. The van der Waals surface area contributed by atoms with Crippen molar-refractivity contribution in [3.8, 4) is 5.69 Å². The molecule has 0 saturated heterocycles. The molecule has 23 heavy (non-hydrogen) atoms. The number of aromatic nitrogens is 3. The molecule has 0 spiro atoms. The van der Waals surface area contributed by atoms with E-state index < -0.39 is 11.2 Å². The number of rotatable bonds is 2. The highest BCUT2D eigenvalue weighted by molar-refractivity contribution is 7.91. The molecule has 5 nitrogen and oxygen atoms in total. The maximum absolute atomic E-state index is 13.0. The second-order valence-electron chi connectivity index (χ2n) is 5.33. The molecule has 0 aliphatic carbocycles. The van der Waals surface area contributed by atoms with Crippen molar-refractivity contribution in [1.82, 2.24) is 14.8 Å². The second-order valence-corrected chi connectivity index (χ2v) is 6.78. The summed E-state index contributed by atoms with van der Waals surface area (Å²) in [6, 6.07) is 15.3. The van der Waals surface area contributed by atoms with E-state index in [1.807, 2.05) is 60.0 Å². The summed E-state index contributed by atoms with van der Waals surface area (Å²) in [6.45, 7) is 2.71. The van der Waals surface area contributed by atoms with Crippen LogP contribution in [0.5, 0.6) is 0 Å². The van der Waals surface area contributed by atoms with Gasteiger partial charge < -0.3 is 9.29 Å². The Morgan fingerprint density at radius 1 is 1.04 bits per heavy atom. The van der Waals surface area contributed by atoms with Crippen molar-refractivity contribution in [1.29, 1.82) is 0 Å². The predicted molar refractivity (Wildman–Crippen MR) is 85.7 cm³/mol. The molecule has 3 aromatic rings. The number of aryl methyl sites for hydroxylation is 1. The molecule has 1 unspecified atom stereocenters. The van der Waals surface area contributed by atoms with Gasteiger partial charge in [0.05, 0.1) is 17.9 Å². The lowest BCUT2D eigenvalue weighted by Gasteiger charge is -2.16. The highest BCUT2D eigenvalue weighted by Crippen LogP contribution is 2.31. The summed E-state index contributed by atoms with van der Waals surface area (Å²) < 4.78 is 20.7. The van der Waals surface area contributed by atoms with Gasteiger partial charge in [0, 0.05) is 11.2 Å². The number of hydrogen-bond acceptors (Lipinski definition) is 4. The van der Waals surface area contributed by atoms with E-state index in [1.165, 1.54) is 0 Å². The lowest BCUT2D eigenvalue weighted by molar-refractivity contribution is 0.103. The van der Waals surface area contributed by atoms with Crippen LogP contribution in [0.2, 0.25) is 0 Å². The van der Waals surface area contributed by atoms with Crippen molar-refractivity contribution < 1.29 is 9.29 Å². The Balaban J connectivity index is 1.88. The molecule has 4 rings (SSSR count). The molecular formula is C17H15N3O2S. The van der Waals surface area contributed by atoms with Gasteiger partial charge in [-0.05, 0) is 31.2 Å². The summed E-state index contributed by atoms with van der Waals surface area (Å²) in [6.07, 6.45) is 0. The highest BCUT2D eigenvalue weighted by atomic mass is 32.2. The smallest absolute Gasteiger partial charge is 0.166 e. The van der Waals surface area contributed by atoms with Crippen LogP contribution in [0.25, 0.3) is 5.69 Å². The molecule has 0 radical (unpaired) electrons. The van der Waals surface area contributed by atoms with E-state index >= 15 is 0 Å². The lowest BCUT2D eigenvalue weighted by atomic mass is 10.2. The van der Waals surface area contributed by atoms with Crippen molar-refractivity contribution in [2.24, 2.45) is 0 Å². The van der Waals surface area contributed by atoms with E-state index in [0.29, 0.717) is 13.2 Å². The molecule has 0 bridgehead atoms. The Kier molecular flexibility index (Phi) is 3.65. The molecule has 0 amide bonds. The van der Waals surface area contributed by atoms with Crippen LogP contribution >= 0.6 is 0 Å². The van der Waals surface area contributed by atoms with Crippen molar-refractivity contribution >= 4 is 11.2 Å². The fourth-order valence-electron chi connectivity index (χ4n) is 2.81. The van der Waals surface area contributed by atoms with Gasteiger partial charge in [0.25, 0.3) is 0 Å². The van der Waals surface area contributed by atoms with Crippen LogP contribution in [0.15, 0.2) is 58.3 Å². The highest BCUT2D eigenvalue weighted by Gasteiger charge is 2.26.